The number of likely N-dealkylation sites (tertiary alicyclic amines) is 1. The number of thiazole rings is 1. The number of benzene rings is 1. The van der Waals surface area contributed by atoms with Crippen LogP contribution in [0.15, 0.2) is 46.0 Å². The van der Waals surface area contributed by atoms with Gasteiger partial charge >= 0.3 is 5.97 Å². The lowest BCUT2D eigenvalue weighted by molar-refractivity contribution is -0.148. The molecule has 0 unspecified atom stereocenters. The molecule has 0 radical (unpaired) electrons. The third-order valence-corrected chi connectivity index (χ3v) is 6.64. The first kappa shape index (κ1) is 24.6. The Labute approximate surface area is 202 Å². The van der Waals surface area contributed by atoms with E-state index < -0.39 is 36.4 Å². The lowest BCUT2D eigenvalue weighted by atomic mass is 9.94. The zero-order valence-corrected chi connectivity index (χ0v) is 19.7. The van der Waals surface area contributed by atoms with Crippen LogP contribution in [0.5, 0.6) is 0 Å². The molecule has 182 valence electrons. The Morgan fingerprint density at radius 1 is 1.44 bits per heavy atom. The van der Waals surface area contributed by atoms with Gasteiger partial charge in [0.1, 0.15) is 18.0 Å². The van der Waals surface area contributed by atoms with Crippen LogP contribution in [0.4, 0.5) is 13.2 Å². The van der Waals surface area contributed by atoms with Gasteiger partial charge < -0.3 is 15.2 Å². The van der Waals surface area contributed by atoms with E-state index in [4.69, 9.17) is 16.3 Å². The van der Waals surface area contributed by atoms with Crippen LogP contribution in [-0.2, 0) is 9.53 Å². The second-order valence-electron chi connectivity index (χ2n) is 7.90. The molecule has 2 atom stereocenters. The summed E-state index contributed by atoms with van der Waals surface area (Å²) in [5, 5.41) is 15.0. The number of aliphatic hydroxyl groups excluding tert-OH is 1. The number of piperidine rings is 1. The topological polar surface area (TPSA) is 87.0 Å². The number of halogens is 4. The number of hydrogen-bond acceptors (Lipinski definition) is 8. The molecule has 4 rings (SSSR count). The SMILES string of the molecule is CCOC(=O)C1=C(CN2CC[C@@H](O)C(F)(F)C2)NC(c2nccs2)=N[C@H]1c1ccc(F)cc1Cl. The van der Waals surface area contributed by atoms with Crippen LogP contribution in [0.3, 0.4) is 0 Å². The van der Waals surface area contributed by atoms with Crippen molar-refractivity contribution in [2.45, 2.75) is 31.4 Å². The maximum Gasteiger partial charge on any atom is 0.338 e. The Kier molecular flexibility index (Phi) is 7.27. The quantitative estimate of drug-likeness (QED) is 0.573. The number of aromatic nitrogens is 1. The molecule has 1 aromatic carbocycles. The molecule has 2 aromatic rings. The minimum atomic E-state index is -3.29. The number of ether oxygens (including phenoxy) is 1. The van der Waals surface area contributed by atoms with Crippen molar-refractivity contribution in [2.75, 3.05) is 26.2 Å². The van der Waals surface area contributed by atoms with Crippen LogP contribution < -0.4 is 5.32 Å². The molecule has 0 amide bonds. The first-order valence-electron chi connectivity index (χ1n) is 10.6. The number of alkyl halides is 2. The number of aliphatic imine (C=N–C) groups is 1. The van der Waals surface area contributed by atoms with Gasteiger partial charge in [0.15, 0.2) is 10.8 Å². The zero-order chi connectivity index (χ0) is 24.5. The fourth-order valence-corrected chi connectivity index (χ4v) is 4.78. The van der Waals surface area contributed by atoms with Gasteiger partial charge in [-0.3, -0.25) is 9.89 Å². The van der Waals surface area contributed by atoms with Gasteiger partial charge in [-0.2, -0.15) is 0 Å². The molecule has 1 aromatic heterocycles. The van der Waals surface area contributed by atoms with Gasteiger partial charge in [-0.25, -0.2) is 22.9 Å². The molecule has 2 aliphatic rings. The van der Waals surface area contributed by atoms with Gasteiger partial charge in [0, 0.05) is 40.9 Å². The predicted molar refractivity (Wildman–Crippen MR) is 122 cm³/mol. The van der Waals surface area contributed by atoms with Gasteiger partial charge in [0.05, 0.1) is 18.7 Å². The van der Waals surface area contributed by atoms with Gasteiger partial charge in [0.25, 0.3) is 5.92 Å². The summed E-state index contributed by atoms with van der Waals surface area (Å²) in [7, 11) is 0. The van der Waals surface area contributed by atoms with Gasteiger partial charge in [-0.05, 0) is 25.5 Å². The van der Waals surface area contributed by atoms with E-state index in [1.54, 1.807) is 18.5 Å². The molecule has 2 N–H and O–H groups in total. The van der Waals surface area contributed by atoms with Crippen LogP contribution in [0.2, 0.25) is 5.02 Å². The van der Waals surface area contributed by atoms with Crippen molar-refractivity contribution in [2.24, 2.45) is 4.99 Å². The first-order chi connectivity index (χ1) is 16.2. The fraction of sp³-hybridized carbons (Fsp3) is 0.409. The standard InChI is InChI=1S/C22H22ClF3N4O3S/c1-2-33-21(32)17-15(10-30-7-5-16(31)22(25,26)11-30)28-19(20-27-6-8-34-20)29-18(17)13-4-3-12(24)9-14(13)23/h3-4,6,8-9,16,18,31H,2,5,7,10-11H2,1H3,(H,28,29)/t16-,18+/m1/s1. The predicted octanol–water partition coefficient (Wildman–Crippen LogP) is 3.55. The van der Waals surface area contributed by atoms with Gasteiger partial charge in [-0.15, -0.1) is 11.3 Å². The minimum absolute atomic E-state index is 0.0583. The Hall–Kier alpha value is -2.47. The van der Waals surface area contributed by atoms with Crippen LogP contribution in [0.1, 0.15) is 30.0 Å². The molecule has 3 heterocycles. The van der Waals surface area contributed by atoms with Crippen LogP contribution in [0.25, 0.3) is 0 Å². The summed E-state index contributed by atoms with van der Waals surface area (Å²) in [5.74, 6) is -4.21. The second-order valence-corrected chi connectivity index (χ2v) is 9.20. The minimum Gasteiger partial charge on any atom is -0.463 e. The Morgan fingerprint density at radius 2 is 2.24 bits per heavy atom. The Bertz CT molecular complexity index is 1130. The molecular weight excluding hydrogens is 493 g/mol. The van der Waals surface area contributed by atoms with Gasteiger partial charge in [0.2, 0.25) is 0 Å². The second kappa shape index (κ2) is 10.0. The van der Waals surface area contributed by atoms with E-state index in [-0.39, 0.29) is 36.7 Å². The maximum atomic E-state index is 14.2. The number of nitrogens with zero attached hydrogens (tertiary/aromatic N) is 3. The number of esters is 1. The average Bonchev–Trinajstić information content (AvgIpc) is 3.31. The summed E-state index contributed by atoms with van der Waals surface area (Å²) < 4.78 is 47.4. The molecule has 0 aliphatic carbocycles. The number of aliphatic hydroxyl groups is 1. The van der Waals surface area contributed by atoms with E-state index in [0.29, 0.717) is 22.1 Å². The number of nitrogens with one attached hydrogen (secondary N) is 1. The van der Waals surface area contributed by atoms with E-state index >= 15 is 0 Å². The summed E-state index contributed by atoms with van der Waals surface area (Å²) in [4.78, 5) is 23.4. The van der Waals surface area contributed by atoms with Crippen LogP contribution >= 0.6 is 22.9 Å². The molecule has 2 aliphatic heterocycles. The summed E-state index contributed by atoms with van der Waals surface area (Å²) in [6.45, 7) is 1.18. The lowest BCUT2D eigenvalue weighted by Crippen LogP contribution is -2.53. The smallest absolute Gasteiger partial charge is 0.338 e. The van der Waals surface area contributed by atoms with Crippen molar-refractivity contribution in [3.05, 3.63) is 62.5 Å². The highest BCUT2D eigenvalue weighted by Crippen LogP contribution is 2.37. The van der Waals surface area contributed by atoms with Crippen molar-refractivity contribution >= 4 is 34.7 Å². The molecule has 34 heavy (non-hydrogen) atoms. The third-order valence-electron chi connectivity index (χ3n) is 5.54. The molecule has 0 saturated carbocycles. The molecule has 0 bridgehead atoms. The molecule has 7 nitrogen and oxygen atoms in total. The van der Waals surface area contributed by atoms with E-state index in [0.717, 1.165) is 6.07 Å². The van der Waals surface area contributed by atoms with Crippen molar-refractivity contribution in [3.63, 3.8) is 0 Å². The number of amidine groups is 1. The van der Waals surface area contributed by atoms with Crippen LogP contribution in [0, 0.1) is 5.82 Å². The zero-order valence-electron chi connectivity index (χ0n) is 18.1. The van der Waals surface area contributed by atoms with E-state index in [9.17, 15) is 23.1 Å². The number of rotatable bonds is 6. The largest absolute Gasteiger partial charge is 0.463 e. The Balaban J connectivity index is 1.80. The molecule has 1 saturated heterocycles. The molecule has 0 spiro atoms. The average molecular weight is 515 g/mol. The van der Waals surface area contributed by atoms with Crippen molar-refractivity contribution in [1.29, 1.82) is 0 Å². The number of carbonyl (C=O) groups excluding carboxylic acids is 1. The van der Waals surface area contributed by atoms with Crippen molar-refractivity contribution in [1.82, 2.24) is 15.2 Å². The number of hydrogen-bond donors (Lipinski definition) is 2. The monoisotopic (exact) mass is 514 g/mol. The number of carbonyl (C=O) groups is 1. The third kappa shape index (κ3) is 5.12. The highest BCUT2D eigenvalue weighted by atomic mass is 35.5. The summed E-state index contributed by atoms with van der Waals surface area (Å²) >= 11 is 7.62. The van der Waals surface area contributed by atoms with E-state index in [2.05, 4.69) is 15.3 Å². The van der Waals surface area contributed by atoms with Crippen molar-refractivity contribution < 1.29 is 27.8 Å². The van der Waals surface area contributed by atoms with Crippen molar-refractivity contribution in [3.8, 4) is 0 Å². The first-order valence-corrected chi connectivity index (χ1v) is 11.8. The van der Waals surface area contributed by atoms with Gasteiger partial charge in [-0.1, -0.05) is 17.7 Å². The van der Waals surface area contributed by atoms with Crippen LogP contribution in [-0.4, -0.2) is 65.1 Å². The van der Waals surface area contributed by atoms with E-state index in [1.165, 1.54) is 28.4 Å². The maximum absolute atomic E-state index is 14.2. The highest BCUT2D eigenvalue weighted by molar-refractivity contribution is 7.11. The summed E-state index contributed by atoms with van der Waals surface area (Å²) in [6, 6.07) is 2.78. The normalized spacial score (nSPS) is 22.8. The highest BCUT2D eigenvalue weighted by Gasteiger charge is 2.44. The Morgan fingerprint density at radius 3 is 2.88 bits per heavy atom. The summed E-state index contributed by atoms with van der Waals surface area (Å²) in [5.41, 5.74) is 0.750. The molecular formula is C22H22ClF3N4O3S. The summed E-state index contributed by atoms with van der Waals surface area (Å²) in [6.07, 6.45) is -0.254. The molecule has 12 heteroatoms. The molecule has 1 fully saturated rings. The fourth-order valence-electron chi connectivity index (χ4n) is 3.92. The van der Waals surface area contributed by atoms with E-state index in [1.807, 2.05) is 0 Å². The lowest BCUT2D eigenvalue weighted by Gasteiger charge is -2.37.